The van der Waals surface area contributed by atoms with Gasteiger partial charge in [-0.2, -0.15) is 0 Å². The Morgan fingerprint density at radius 2 is 1.41 bits per heavy atom. The quantitative estimate of drug-likeness (QED) is 0.487. The van der Waals surface area contributed by atoms with Crippen LogP contribution in [0.15, 0.2) is 88.7 Å². The van der Waals surface area contributed by atoms with Gasteiger partial charge in [0, 0.05) is 9.79 Å². The highest BCUT2D eigenvalue weighted by Gasteiger charge is 2.22. The van der Waals surface area contributed by atoms with Crippen LogP contribution >= 0.6 is 6.72 Å². The van der Waals surface area contributed by atoms with Crippen LogP contribution < -0.4 is 0 Å². The molecule has 0 aliphatic heterocycles. The van der Waals surface area contributed by atoms with Crippen LogP contribution in [-0.2, 0) is 16.5 Å². The summed E-state index contributed by atoms with van der Waals surface area (Å²) in [5.74, 6) is 0. The minimum atomic E-state index is -4.13. The van der Waals surface area contributed by atoms with Crippen LogP contribution in [0.3, 0.4) is 0 Å². The normalized spacial score (nSPS) is 12.7. The largest absolute Gasteiger partial charge is 0.328 e. The molecule has 0 aromatic heterocycles. The van der Waals surface area contributed by atoms with Gasteiger partial charge in [-0.25, -0.2) is 0 Å². The molecule has 1 atom stereocenters. The van der Waals surface area contributed by atoms with Gasteiger partial charge in [0.05, 0.1) is 0 Å². The molecule has 0 fully saturated rings. The van der Waals surface area contributed by atoms with E-state index in [0.717, 1.165) is 40.2 Å². The summed E-state index contributed by atoms with van der Waals surface area (Å²) < 4.78 is 0. The third-order valence-electron chi connectivity index (χ3n) is 4.39. The molecule has 0 radical (unpaired) electrons. The average Bonchev–Trinajstić information content (AvgIpc) is 2.67. The summed E-state index contributed by atoms with van der Waals surface area (Å²) in [6, 6.07) is 25.2. The standard InChI is InChI=1S/C22H25O3PS/c1-2-3-11-18-14-10-17-21(22(18)19-12-6-4-7-13-19)27(26(23,24)25)20-15-8-5-9-16-20/h4-10,12-17,23-25H,2-3,11H2,1H3. The first-order valence-electron chi connectivity index (χ1n) is 9.07. The average molecular weight is 400 g/mol. The van der Waals surface area contributed by atoms with Gasteiger partial charge in [-0.15, -0.1) is 0 Å². The van der Waals surface area contributed by atoms with E-state index in [0.29, 0.717) is 0 Å². The number of aryl methyl sites for hydroxylation is 1. The second kappa shape index (κ2) is 9.01. The van der Waals surface area contributed by atoms with E-state index in [-0.39, 0.29) is 0 Å². The van der Waals surface area contributed by atoms with E-state index in [1.807, 2.05) is 72.8 Å². The van der Waals surface area contributed by atoms with Crippen LogP contribution in [0.25, 0.3) is 11.1 Å². The molecule has 1 unspecified atom stereocenters. The van der Waals surface area contributed by atoms with Crippen molar-refractivity contribution >= 4 is 16.8 Å². The maximum Gasteiger partial charge on any atom is 0.286 e. The Hall–Kier alpha value is -1.68. The van der Waals surface area contributed by atoms with E-state index in [2.05, 4.69) is 13.0 Å². The highest BCUT2D eigenvalue weighted by molar-refractivity contribution is 8.27. The van der Waals surface area contributed by atoms with Gasteiger partial charge in [-0.1, -0.05) is 84.1 Å². The van der Waals surface area contributed by atoms with Gasteiger partial charge in [0.1, 0.15) is 0 Å². The zero-order valence-electron chi connectivity index (χ0n) is 15.3. The second-order valence-corrected chi connectivity index (χ2v) is 11.4. The molecule has 0 bridgehead atoms. The van der Waals surface area contributed by atoms with Crippen molar-refractivity contribution in [2.45, 2.75) is 36.0 Å². The molecule has 3 rings (SSSR count). The van der Waals surface area contributed by atoms with Crippen molar-refractivity contribution in [3.8, 4) is 11.1 Å². The first-order valence-corrected chi connectivity index (χ1v) is 12.5. The van der Waals surface area contributed by atoms with Crippen molar-refractivity contribution in [1.29, 1.82) is 0 Å². The molecular weight excluding hydrogens is 375 g/mol. The number of benzene rings is 3. The molecule has 3 aromatic carbocycles. The lowest BCUT2D eigenvalue weighted by Crippen LogP contribution is -2.02. The van der Waals surface area contributed by atoms with Crippen LogP contribution in [0.4, 0.5) is 0 Å². The molecule has 3 N–H and O–H groups in total. The summed E-state index contributed by atoms with van der Waals surface area (Å²) in [6.45, 7) is -1.98. The van der Waals surface area contributed by atoms with E-state index in [1.165, 1.54) is 5.56 Å². The van der Waals surface area contributed by atoms with Crippen molar-refractivity contribution in [3.63, 3.8) is 0 Å². The smallest absolute Gasteiger partial charge is 0.286 e. The summed E-state index contributed by atoms with van der Waals surface area (Å²) in [4.78, 5) is 32.6. The Morgan fingerprint density at radius 1 is 0.778 bits per heavy atom. The highest BCUT2D eigenvalue weighted by atomic mass is 32.5. The van der Waals surface area contributed by atoms with Crippen molar-refractivity contribution in [3.05, 3.63) is 84.4 Å². The minimum absolute atomic E-state index is 0.725. The first-order chi connectivity index (χ1) is 13.0. The summed E-state index contributed by atoms with van der Waals surface area (Å²) in [7, 11) is -1.22. The van der Waals surface area contributed by atoms with Gasteiger partial charge in [0.15, 0.2) is 0 Å². The maximum atomic E-state index is 10.4. The van der Waals surface area contributed by atoms with Crippen molar-refractivity contribution < 1.29 is 14.7 Å². The number of hydrogen-bond donors (Lipinski definition) is 3. The predicted octanol–water partition coefficient (Wildman–Crippen LogP) is 5.39. The maximum absolute atomic E-state index is 10.4. The van der Waals surface area contributed by atoms with Crippen LogP contribution in [0, 0.1) is 0 Å². The number of unbranched alkanes of at least 4 members (excludes halogenated alkanes) is 1. The summed E-state index contributed by atoms with van der Waals surface area (Å²) >= 11 is 0. The van der Waals surface area contributed by atoms with Crippen molar-refractivity contribution in [2.24, 2.45) is 0 Å². The van der Waals surface area contributed by atoms with Gasteiger partial charge in [0.25, 0.3) is 6.72 Å². The van der Waals surface area contributed by atoms with Gasteiger partial charge in [-0.05, 0) is 47.7 Å². The molecule has 0 saturated carbocycles. The van der Waals surface area contributed by atoms with E-state index < -0.39 is 16.8 Å². The SMILES string of the molecule is CCCCc1cccc(S(c2ccccc2)=P(O)(O)O)c1-c1ccccc1. The zero-order valence-corrected chi connectivity index (χ0v) is 17.0. The van der Waals surface area contributed by atoms with Gasteiger partial charge < -0.3 is 14.7 Å². The second-order valence-electron chi connectivity index (χ2n) is 6.37. The fraction of sp³-hybridized carbons (Fsp3) is 0.182. The molecule has 142 valence electrons. The predicted molar refractivity (Wildman–Crippen MR) is 114 cm³/mol. The molecule has 5 heteroatoms. The molecule has 3 aromatic rings. The fourth-order valence-electron chi connectivity index (χ4n) is 3.20. The lowest BCUT2D eigenvalue weighted by atomic mass is 9.96. The van der Waals surface area contributed by atoms with Crippen LogP contribution in [0.5, 0.6) is 0 Å². The molecule has 0 amide bonds. The Labute approximate surface area is 163 Å². The van der Waals surface area contributed by atoms with Crippen molar-refractivity contribution in [2.75, 3.05) is 0 Å². The molecule has 0 aliphatic carbocycles. The number of hydrogen-bond acceptors (Lipinski definition) is 0. The summed E-state index contributed by atoms with van der Waals surface area (Å²) in [6.07, 6.45) is 3.05. The lowest BCUT2D eigenvalue weighted by molar-refractivity contribution is 0.362. The van der Waals surface area contributed by atoms with Crippen LogP contribution in [0.2, 0.25) is 0 Å². The first kappa shape index (κ1) is 20.1. The topological polar surface area (TPSA) is 60.7 Å². The van der Waals surface area contributed by atoms with Crippen LogP contribution in [-0.4, -0.2) is 14.7 Å². The van der Waals surface area contributed by atoms with E-state index >= 15 is 0 Å². The van der Waals surface area contributed by atoms with E-state index in [1.54, 1.807) is 0 Å². The summed E-state index contributed by atoms with van der Waals surface area (Å²) in [5.41, 5.74) is 3.20. The van der Waals surface area contributed by atoms with Gasteiger partial charge in [0.2, 0.25) is 0 Å². The molecule has 0 heterocycles. The summed E-state index contributed by atoms with van der Waals surface area (Å²) in [5, 5.41) is 0. The number of rotatable bonds is 6. The Morgan fingerprint density at radius 3 is 2.00 bits per heavy atom. The highest BCUT2D eigenvalue weighted by Crippen LogP contribution is 2.46. The van der Waals surface area contributed by atoms with Crippen molar-refractivity contribution in [1.82, 2.24) is 0 Å². The molecule has 0 spiro atoms. The van der Waals surface area contributed by atoms with E-state index in [4.69, 9.17) is 0 Å². The molecule has 3 nitrogen and oxygen atoms in total. The molecule has 0 saturated heterocycles. The fourth-order valence-corrected chi connectivity index (χ4v) is 7.52. The Balaban J connectivity index is 2.32. The Kier molecular flexibility index (Phi) is 6.69. The third-order valence-corrected chi connectivity index (χ3v) is 9.05. The minimum Gasteiger partial charge on any atom is -0.328 e. The molecule has 0 aliphatic rings. The monoisotopic (exact) mass is 400 g/mol. The van der Waals surface area contributed by atoms with Gasteiger partial charge >= 0.3 is 0 Å². The van der Waals surface area contributed by atoms with E-state index in [9.17, 15) is 14.7 Å². The lowest BCUT2D eigenvalue weighted by Gasteiger charge is -2.21. The van der Waals surface area contributed by atoms with Gasteiger partial charge in [-0.3, -0.25) is 0 Å². The van der Waals surface area contributed by atoms with Crippen LogP contribution in [0.1, 0.15) is 25.3 Å². The third kappa shape index (κ3) is 4.78. The Bertz CT molecular complexity index is 942. The molecule has 27 heavy (non-hydrogen) atoms. The molecular formula is C22H25O3PS. The zero-order chi connectivity index (χ0) is 19.3.